The van der Waals surface area contributed by atoms with Gasteiger partial charge in [-0.25, -0.2) is 4.98 Å². The van der Waals surface area contributed by atoms with Crippen molar-refractivity contribution < 1.29 is 14.0 Å². The van der Waals surface area contributed by atoms with Crippen LogP contribution < -0.4 is 16.8 Å². The van der Waals surface area contributed by atoms with Crippen molar-refractivity contribution in [2.45, 2.75) is 45.7 Å². The van der Waals surface area contributed by atoms with Gasteiger partial charge in [-0.15, -0.1) is 0 Å². The first-order valence-corrected chi connectivity index (χ1v) is 12.0. The third-order valence-corrected chi connectivity index (χ3v) is 6.70. The largest absolute Gasteiger partial charge is 0.398 e. The molecule has 0 spiro atoms. The number of amidine groups is 1. The van der Waals surface area contributed by atoms with Crippen molar-refractivity contribution in [3.63, 3.8) is 0 Å². The van der Waals surface area contributed by atoms with Crippen molar-refractivity contribution in [2.75, 3.05) is 18.8 Å². The fourth-order valence-corrected chi connectivity index (χ4v) is 4.68. The van der Waals surface area contributed by atoms with Gasteiger partial charge in [-0.2, -0.15) is 4.39 Å². The van der Waals surface area contributed by atoms with Crippen LogP contribution in [0.1, 0.15) is 55.1 Å². The van der Waals surface area contributed by atoms with Crippen molar-refractivity contribution in [3.8, 4) is 0 Å². The highest BCUT2D eigenvalue weighted by Crippen LogP contribution is 2.33. The zero-order valence-electron chi connectivity index (χ0n) is 21.2. The van der Waals surface area contributed by atoms with Gasteiger partial charge in [-0.05, 0) is 35.1 Å². The molecular formula is C25H33ClFN7O2. The van der Waals surface area contributed by atoms with Crippen LogP contribution in [-0.2, 0) is 23.8 Å². The Morgan fingerprint density at radius 3 is 2.64 bits per heavy atom. The van der Waals surface area contributed by atoms with Crippen molar-refractivity contribution in [1.29, 1.82) is 0 Å². The summed E-state index contributed by atoms with van der Waals surface area (Å²) in [4.78, 5) is 34.6. The molecule has 0 radical (unpaired) electrons. The van der Waals surface area contributed by atoms with E-state index in [9.17, 15) is 14.0 Å². The quantitative estimate of drug-likeness (QED) is 0.234. The van der Waals surface area contributed by atoms with E-state index in [0.717, 1.165) is 5.56 Å². The zero-order chi connectivity index (χ0) is 26.9. The maximum Gasteiger partial charge on any atom is 0.273 e. The molecule has 1 saturated heterocycles. The van der Waals surface area contributed by atoms with E-state index in [4.69, 9.17) is 23.1 Å². The first-order chi connectivity index (χ1) is 16.7. The first-order valence-electron chi connectivity index (χ1n) is 11.6. The maximum absolute atomic E-state index is 14.7. The predicted octanol–water partition coefficient (Wildman–Crippen LogP) is 2.76. The second-order valence-electron chi connectivity index (χ2n) is 10.1. The van der Waals surface area contributed by atoms with E-state index in [-0.39, 0.29) is 47.2 Å². The van der Waals surface area contributed by atoms with Gasteiger partial charge >= 0.3 is 0 Å². The van der Waals surface area contributed by atoms with Crippen LogP contribution in [-0.4, -0.2) is 51.2 Å². The van der Waals surface area contributed by atoms with Crippen LogP contribution in [0.25, 0.3) is 0 Å². The van der Waals surface area contributed by atoms with Gasteiger partial charge in [-0.1, -0.05) is 45.9 Å². The lowest BCUT2D eigenvalue weighted by atomic mass is 9.85. The second kappa shape index (κ2) is 10.3. The minimum absolute atomic E-state index is 0.000770. The number of aromatic nitrogens is 2. The molecule has 1 fully saturated rings. The number of nitrogens with two attached hydrogens (primary N) is 2. The molecule has 1 aliphatic heterocycles. The minimum atomic E-state index is -0.913. The van der Waals surface area contributed by atoms with Crippen LogP contribution in [0.5, 0.6) is 0 Å². The van der Waals surface area contributed by atoms with Crippen LogP contribution in [0.2, 0.25) is 5.02 Å². The first kappa shape index (κ1) is 27.2. The Hall–Kier alpha value is -3.40. The third kappa shape index (κ3) is 5.53. The molecule has 0 unspecified atom stereocenters. The highest BCUT2D eigenvalue weighted by atomic mass is 35.5. The molecule has 0 saturated carbocycles. The normalized spacial score (nSPS) is 18.4. The van der Waals surface area contributed by atoms with Crippen LogP contribution in [0.3, 0.4) is 0 Å². The summed E-state index contributed by atoms with van der Waals surface area (Å²) in [7, 11) is 1.53. The fraction of sp³-hybridized carbons (Fsp3) is 0.440. The van der Waals surface area contributed by atoms with Gasteiger partial charge in [-0.3, -0.25) is 14.6 Å². The van der Waals surface area contributed by atoms with Crippen molar-refractivity contribution >= 4 is 34.9 Å². The molecule has 2 heterocycles. The van der Waals surface area contributed by atoms with Gasteiger partial charge in [0, 0.05) is 36.4 Å². The Bertz CT molecular complexity index is 1230. The Balaban J connectivity index is 1.79. The summed E-state index contributed by atoms with van der Waals surface area (Å²) >= 11 is 6.36. The number of imidazole rings is 1. The van der Waals surface area contributed by atoms with Gasteiger partial charge in [0.15, 0.2) is 5.69 Å². The van der Waals surface area contributed by atoms with Crippen LogP contribution >= 0.6 is 11.6 Å². The molecule has 1 aromatic carbocycles. The van der Waals surface area contributed by atoms with E-state index >= 15 is 0 Å². The van der Waals surface area contributed by atoms with Gasteiger partial charge in [0.1, 0.15) is 11.7 Å². The molecule has 194 valence electrons. The third-order valence-electron chi connectivity index (χ3n) is 6.39. The summed E-state index contributed by atoms with van der Waals surface area (Å²) in [5.41, 5.74) is 13.6. The molecule has 2 aromatic rings. The summed E-state index contributed by atoms with van der Waals surface area (Å²) in [5.74, 6) is -1.38. The molecular weight excluding hydrogens is 485 g/mol. The number of halogens is 2. The SMILES string of the molecule is C=CC(=O)N1C[C@@H](C)[C@@H](NC(=O)c2c(F)nc(CN=C(N)c3cc(C(C)(C)C)c(Cl)cc3N)n2C)C1. The van der Waals surface area contributed by atoms with E-state index in [1.807, 2.05) is 27.7 Å². The molecule has 36 heavy (non-hydrogen) atoms. The smallest absolute Gasteiger partial charge is 0.273 e. The number of carbonyl (C=O) groups excluding carboxylic acids is 2. The Morgan fingerprint density at radius 2 is 2.03 bits per heavy atom. The average Bonchev–Trinajstić information content (AvgIpc) is 3.28. The molecule has 11 heteroatoms. The van der Waals surface area contributed by atoms with Gasteiger partial charge in [0.05, 0.1) is 12.6 Å². The van der Waals surface area contributed by atoms with Gasteiger partial charge < -0.3 is 26.3 Å². The van der Waals surface area contributed by atoms with E-state index in [2.05, 4.69) is 21.9 Å². The molecule has 0 aliphatic carbocycles. The number of benzene rings is 1. The van der Waals surface area contributed by atoms with E-state index in [1.54, 1.807) is 17.0 Å². The number of hydrogen-bond donors (Lipinski definition) is 3. The molecule has 1 aliphatic rings. The molecule has 0 bridgehead atoms. The number of rotatable bonds is 6. The molecule has 3 rings (SSSR count). The van der Waals surface area contributed by atoms with E-state index < -0.39 is 11.9 Å². The van der Waals surface area contributed by atoms with Crippen LogP contribution in [0.4, 0.5) is 10.1 Å². The number of anilines is 1. The van der Waals surface area contributed by atoms with Crippen molar-refractivity contribution in [2.24, 2.45) is 23.7 Å². The monoisotopic (exact) mass is 517 g/mol. The van der Waals surface area contributed by atoms with Gasteiger partial charge in [0.2, 0.25) is 11.9 Å². The molecule has 2 atom stereocenters. The Kier molecular flexibility index (Phi) is 7.78. The number of nitrogens with one attached hydrogen (secondary N) is 1. The topological polar surface area (TPSA) is 132 Å². The summed E-state index contributed by atoms with van der Waals surface area (Å²) in [6, 6.07) is 3.12. The minimum Gasteiger partial charge on any atom is -0.398 e. The predicted molar refractivity (Wildman–Crippen MR) is 139 cm³/mol. The molecule has 5 N–H and O–H groups in total. The highest BCUT2D eigenvalue weighted by molar-refractivity contribution is 6.32. The molecule has 2 amide bonds. The number of carbonyl (C=O) groups is 2. The number of amides is 2. The molecule has 9 nitrogen and oxygen atoms in total. The lowest BCUT2D eigenvalue weighted by Crippen LogP contribution is -2.41. The summed E-state index contributed by atoms with van der Waals surface area (Å²) in [6.45, 7) is 12.2. The van der Waals surface area contributed by atoms with Crippen LogP contribution in [0, 0.1) is 11.9 Å². The number of nitrogens with zero attached hydrogens (tertiary/aromatic N) is 4. The van der Waals surface area contributed by atoms with Crippen molar-refractivity contribution in [1.82, 2.24) is 19.8 Å². The number of hydrogen-bond acceptors (Lipinski definition) is 5. The Morgan fingerprint density at radius 1 is 1.36 bits per heavy atom. The number of aliphatic imine (C=N–C) groups is 1. The average molecular weight is 518 g/mol. The van der Waals surface area contributed by atoms with E-state index in [0.29, 0.717) is 29.4 Å². The summed E-state index contributed by atoms with van der Waals surface area (Å²) < 4.78 is 16.1. The standard InChI is InChI=1S/C25H33ClFN7O2/c1-7-20(35)34-11-13(2)18(12-34)31-24(36)21-22(27)32-19(33(21)6)10-30-23(29)14-8-15(25(3,4)5)16(26)9-17(14)28/h7-9,13,18H,1,10-12,28H2,2-6H3,(H2,29,30)(H,31,36)/t13-,18+/m1/s1. The summed E-state index contributed by atoms with van der Waals surface area (Å²) in [6.07, 6.45) is 1.23. The van der Waals surface area contributed by atoms with E-state index in [1.165, 1.54) is 17.7 Å². The van der Waals surface area contributed by atoms with Crippen LogP contribution in [0.15, 0.2) is 29.8 Å². The zero-order valence-corrected chi connectivity index (χ0v) is 22.0. The highest BCUT2D eigenvalue weighted by Gasteiger charge is 2.34. The number of nitrogen functional groups attached to an aromatic ring is 1. The molecule has 1 aromatic heterocycles. The number of likely N-dealkylation sites (tertiary alicyclic amines) is 1. The fourth-order valence-electron chi connectivity index (χ4n) is 4.22. The lowest BCUT2D eigenvalue weighted by Gasteiger charge is -2.22. The second-order valence-corrected chi connectivity index (χ2v) is 10.5. The van der Waals surface area contributed by atoms with Crippen molar-refractivity contribution in [3.05, 3.63) is 58.4 Å². The lowest BCUT2D eigenvalue weighted by molar-refractivity contribution is -0.125. The maximum atomic E-state index is 14.7. The Labute approximate surface area is 215 Å². The summed E-state index contributed by atoms with van der Waals surface area (Å²) in [5, 5.41) is 3.35. The van der Waals surface area contributed by atoms with Gasteiger partial charge in [0.25, 0.3) is 5.91 Å².